The van der Waals surface area contributed by atoms with Crippen LogP contribution in [0.15, 0.2) is 42.7 Å². The fraction of sp³-hybridized carbons (Fsp3) is 0.316. The van der Waals surface area contributed by atoms with Gasteiger partial charge < -0.3 is 5.32 Å². The van der Waals surface area contributed by atoms with Crippen molar-refractivity contribution in [3.63, 3.8) is 0 Å². The molecule has 0 spiro atoms. The Hall–Kier alpha value is -2.81. The molecule has 3 aromatic rings. The second kappa shape index (κ2) is 7.55. The molecule has 1 aliphatic rings. The van der Waals surface area contributed by atoms with E-state index in [1.54, 1.807) is 23.0 Å². The largest absolute Gasteiger partial charge is 0.435 e. The van der Waals surface area contributed by atoms with Gasteiger partial charge in [-0.25, -0.2) is 0 Å². The smallest absolute Gasteiger partial charge is 0.322 e. The quantitative estimate of drug-likeness (QED) is 0.642. The van der Waals surface area contributed by atoms with Crippen LogP contribution in [0.25, 0.3) is 0 Å². The van der Waals surface area contributed by atoms with Gasteiger partial charge in [0.15, 0.2) is 5.69 Å². The van der Waals surface area contributed by atoms with Crippen LogP contribution in [0.3, 0.4) is 0 Å². The molecular formula is C19H17ClF3N5O. The molecule has 1 amide bonds. The molecule has 0 aliphatic heterocycles. The predicted molar refractivity (Wildman–Crippen MR) is 101 cm³/mol. The molecule has 0 radical (unpaired) electrons. The number of hydrogen-bond donors (Lipinski definition) is 1. The highest BCUT2D eigenvalue weighted by Gasteiger charge is 2.38. The molecule has 0 saturated heterocycles. The first kappa shape index (κ1) is 19.5. The van der Waals surface area contributed by atoms with E-state index in [0.717, 1.165) is 29.2 Å². The summed E-state index contributed by atoms with van der Waals surface area (Å²) in [5.74, 6) is -0.428. The summed E-state index contributed by atoms with van der Waals surface area (Å²) in [5, 5.41) is 11.1. The van der Waals surface area contributed by atoms with Gasteiger partial charge in [-0.2, -0.15) is 23.4 Å². The number of carbonyl (C=O) groups excluding carboxylic acids is 1. The Morgan fingerprint density at radius 1 is 1.24 bits per heavy atom. The SMILES string of the molecule is O=C(Cn1nc(C(F)(F)F)cc1C1CC1)Nc1cnn(Cc2ccc(Cl)cc2)c1. The first-order valence-corrected chi connectivity index (χ1v) is 9.37. The highest BCUT2D eigenvalue weighted by Crippen LogP contribution is 2.42. The summed E-state index contributed by atoms with van der Waals surface area (Å²) in [4.78, 5) is 12.3. The van der Waals surface area contributed by atoms with Gasteiger partial charge in [-0.1, -0.05) is 23.7 Å². The Bertz CT molecular complexity index is 1020. The van der Waals surface area contributed by atoms with E-state index < -0.39 is 17.8 Å². The maximum Gasteiger partial charge on any atom is 0.435 e. The minimum absolute atomic E-state index is 0.0357. The van der Waals surface area contributed by atoms with Gasteiger partial charge in [0.2, 0.25) is 5.91 Å². The summed E-state index contributed by atoms with van der Waals surface area (Å²) in [6, 6.07) is 8.34. The van der Waals surface area contributed by atoms with Gasteiger partial charge in [-0.3, -0.25) is 14.2 Å². The molecule has 29 heavy (non-hydrogen) atoms. The average Bonchev–Trinajstić information content (AvgIpc) is 3.26. The molecule has 4 rings (SSSR count). The Morgan fingerprint density at radius 2 is 1.97 bits per heavy atom. The van der Waals surface area contributed by atoms with Crippen molar-refractivity contribution < 1.29 is 18.0 Å². The fourth-order valence-electron chi connectivity index (χ4n) is 3.03. The molecule has 2 heterocycles. The molecule has 0 bridgehead atoms. The summed E-state index contributed by atoms with van der Waals surface area (Å²) < 4.78 is 41.7. The van der Waals surface area contributed by atoms with Crippen LogP contribution in [0.5, 0.6) is 0 Å². The van der Waals surface area contributed by atoms with Crippen LogP contribution in [0.4, 0.5) is 18.9 Å². The summed E-state index contributed by atoms with van der Waals surface area (Å²) >= 11 is 5.86. The minimum Gasteiger partial charge on any atom is -0.322 e. The molecule has 10 heteroatoms. The molecule has 1 N–H and O–H groups in total. The van der Waals surface area contributed by atoms with Crippen molar-refractivity contribution in [2.75, 3.05) is 5.32 Å². The third kappa shape index (κ3) is 4.79. The predicted octanol–water partition coefficient (Wildman–Crippen LogP) is 4.32. The van der Waals surface area contributed by atoms with Crippen LogP contribution in [0, 0.1) is 0 Å². The van der Waals surface area contributed by atoms with Crippen LogP contribution in [0.2, 0.25) is 5.02 Å². The number of rotatable bonds is 6. The van der Waals surface area contributed by atoms with E-state index in [9.17, 15) is 18.0 Å². The molecule has 1 fully saturated rings. The van der Waals surface area contributed by atoms with Gasteiger partial charge in [-0.15, -0.1) is 0 Å². The van der Waals surface area contributed by atoms with E-state index >= 15 is 0 Å². The van der Waals surface area contributed by atoms with Gasteiger partial charge in [0.1, 0.15) is 6.54 Å². The lowest BCUT2D eigenvalue weighted by Gasteiger charge is -2.07. The molecule has 6 nitrogen and oxygen atoms in total. The van der Waals surface area contributed by atoms with Crippen molar-refractivity contribution in [1.82, 2.24) is 19.6 Å². The lowest BCUT2D eigenvalue weighted by atomic mass is 10.2. The van der Waals surface area contributed by atoms with E-state index in [2.05, 4.69) is 15.5 Å². The number of alkyl halides is 3. The molecule has 2 aromatic heterocycles. The molecular weight excluding hydrogens is 407 g/mol. The normalized spacial score (nSPS) is 14.2. The first-order chi connectivity index (χ1) is 13.8. The van der Waals surface area contributed by atoms with Crippen LogP contribution >= 0.6 is 11.6 Å². The summed E-state index contributed by atoms with van der Waals surface area (Å²) in [5.41, 5.74) is 0.926. The maximum atomic E-state index is 13.0. The number of amides is 1. The molecule has 1 aliphatic carbocycles. The minimum atomic E-state index is -4.53. The van der Waals surface area contributed by atoms with Crippen molar-refractivity contribution in [3.05, 3.63) is 64.7 Å². The van der Waals surface area contributed by atoms with Crippen LogP contribution in [0.1, 0.15) is 35.7 Å². The van der Waals surface area contributed by atoms with Crippen molar-refractivity contribution in [2.24, 2.45) is 0 Å². The number of benzene rings is 1. The first-order valence-electron chi connectivity index (χ1n) is 8.99. The van der Waals surface area contributed by atoms with Gasteiger partial charge in [0.25, 0.3) is 0 Å². The lowest BCUT2D eigenvalue weighted by Crippen LogP contribution is -2.21. The van der Waals surface area contributed by atoms with Crippen LogP contribution in [-0.4, -0.2) is 25.5 Å². The second-order valence-electron chi connectivity index (χ2n) is 6.99. The average molecular weight is 424 g/mol. The van der Waals surface area contributed by atoms with Crippen molar-refractivity contribution >= 4 is 23.2 Å². The highest BCUT2D eigenvalue weighted by molar-refractivity contribution is 6.30. The standard InChI is InChI=1S/C19H17ClF3N5O/c20-14-5-1-12(2-6-14)9-27-10-15(8-24-27)25-18(29)11-28-16(13-3-4-13)7-17(26-28)19(21,22)23/h1-2,5-8,10,13H,3-4,9,11H2,(H,25,29). The zero-order chi connectivity index (χ0) is 20.6. The Labute approximate surface area is 169 Å². The van der Waals surface area contributed by atoms with Crippen LogP contribution in [-0.2, 0) is 24.1 Å². The number of halogens is 4. The van der Waals surface area contributed by atoms with Crippen molar-refractivity contribution in [3.8, 4) is 0 Å². The topological polar surface area (TPSA) is 64.7 Å². The van der Waals surface area contributed by atoms with Gasteiger partial charge in [-0.05, 0) is 36.6 Å². The number of carbonyl (C=O) groups is 1. The zero-order valence-corrected chi connectivity index (χ0v) is 15.9. The highest BCUT2D eigenvalue weighted by atomic mass is 35.5. The monoisotopic (exact) mass is 423 g/mol. The van der Waals surface area contributed by atoms with Crippen molar-refractivity contribution in [2.45, 2.75) is 38.0 Å². The van der Waals surface area contributed by atoms with E-state index in [1.165, 1.54) is 6.20 Å². The molecule has 152 valence electrons. The Balaban J connectivity index is 1.41. The zero-order valence-electron chi connectivity index (χ0n) is 15.2. The Kier molecular flexibility index (Phi) is 5.08. The fourth-order valence-corrected chi connectivity index (χ4v) is 3.16. The Morgan fingerprint density at radius 3 is 2.62 bits per heavy atom. The lowest BCUT2D eigenvalue weighted by molar-refractivity contribution is -0.141. The number of aromatic nitrogens is 4. The maximum absolute atomic E-state index is 13.0. The summed E-state index contributed by atoms with van der Waals surface area (Å²) in [7, 11) is 0. The second-order valence-corrected chi connectivity index (χ2v) is 7.42. The van der Waals surface area contributed by atoms with Crippen LogP contribution < -0.4 is 5.32 Å². The molecule has 1 saturated carbocycles. The summed E-state index contributed by atoms with van der Waals surface area (Å²) in [6.45, 7) is 0.206. The molecule has 0 unspecified atom stereocenters. The van der Waals surface area contributed by atoms with E-state index in [0.29, 0.717) is 22.9 Å². The van der Waals surface area contributed by atoms with E-state index in [-0.39, 0.29) is 12.5 Å². The third-order valence-electron chi connectivity index (χ3n) is 4.57. The summed E-state index contributed by atoms with van der Waals surface area (Å²) in [6.07, 6.45) is 0.219. The van der Waals surface area contributed by atoms with Gasteiger partial charge in [0.05, 0.1) is 18.4 Å². The third-order valence-corrected chi connectivity index (χ3v) is 4.82. The number of nitrogens with one attached hydrogen (secondary N) is 1. The van der Waals surface area contributed by atoms with Gasteiger partial charge in [0, 0.05) is 22.8 Å². The molecule has 0 atom stereocenters. The van der Waals surface area contributed by atoms with E-state index in [1.807, 2.05) is 12.1 Å². The van der Waals surface area contributed by atoms with E-state index in [4.69, 9.17) is 11.6 Å². The van der Waals surface area contributed by atoms with Crippen molar-refractivity contribution in [1.29, 1.82) is 0 Å². The molecule has 1 aromatic carbocycles. The number of anilines is 1. The van der Waals surface area contributed by atoms with Gasteiger partial charge >= 0.3 is 6.18 Å². The number of nitrogens with zero attached hydrogens (tertiary/aromatic N) is 4. The number of hydrogen-bond acceptors (Lipinski definition) is 3.